The lowest BCUT2D eigenvalue weighted by atomic mass is 10.1. The van der Waals surface area contributed by atoms with Crippen molar-refractivity contribution < 1.29 is 9.32 Å². The summed E-state index contributed by atoms with van der Waals surface area (Å²) in [5.74, 6) is 0.112. The summed E-state index contributed by atoms with van der Waals surface area (Å²) >= 11 is 12.1. The van der Waals surface area contributed by atoms with Crippen LogP contribution in [0, 0.1) is 6.92 Å². The number of aromatic nitrogens is 1. The minimum Gasteiger partial charge on any atom is -0.338 e. The van der Waals surface area contributed by atoms with Gasteiger partial charge in [-0.15, -0.1) is 0 Å². The lowest BCUT2D eigenvalue weighted by Gasteiger charge is -2.20. The van der Waals surface area contributed by atoms with E-state index in [-0.39, 0.29) is 11.9 Å². The average molecular weight is 342 g/mol. The van der Waals surface area contributed by atoms with Crippen molar-refractivity contribution in [2.45, 2.75) is 32.9 Å². The van der Waals surface area contributed by atoms with E-state index in [1.807, 2.05) is 13.0 Å². The Hall–Kier alpha value is -1.56. The van der Waals surface area contributed by atoms with Crippen molar-refractivity contribution in [2.75, 3.05) is 5.32 Å². The monoisotopic (exact) mass is 341 g/mol. The van der Waals surface area contributed by atoms with Gasteiger partial charge in [0.2, 0.25) is 11.8 Å². The number of benzene rings is 1. The van der Waals surface area contributed by atoms with Crippen molar-refractivity contribution in [3.63, 3.8) is 0 Å². The minimum atomic E-state index is -0.438. The Morgan fingerprint density at radius 1 is 1.27 bits per heavy atom. The Bertz CT molecular complexity index is 673. The number of hydrogen-bond acceptors (Lipinski definition) is 4. The highest BCUT2D eigenvalue weighted by Gasteiger charge is 2.19. The van der Waals surface area contributed by atoms with Crippen molar-refractivity contribution in [1.82, 2.24) is 10.5 Å². The molecule has 2 rings (SSSR count). The Balaban J connectivity index is 1.98. The van der Waals surface area contributed by atoms with Crippen molar-refractivity contribution in [3.05, 3.63) is 45.6 Å². The summed E-state index contributed by atoms with van der Waals surface area (Å²) in [6.07, 6.45) is 0. The summed E-state index contributed by atoms with van der Waals surface area (Å²) in [5, 5.41) is 10.7. The molecular formula is C15H17Cl2N3O2. The molecule has 0 bridgehead atoms. The molecule has 0 aliphatic carbocycles. The van der Waals surface area contributed by atoms with Gasteiger partial charge in [-0.2, -0.15) is 0 Å². The van der Waals surface area contributed by atoms with E-state index in [9.17, 15) is 4.79 Å². The number of carbonyl (C=O) groups excluding carboxylic acids is 1. The number of nitrogens with zero attached hydrogens (tertiary/aromatic N) is 1. The average Bonchev–Trinajstić information content (AvgIpc) is 2.83. The number of carbonyl (C=O) groups is 1. The van der Waals surface area contributed by atoms with E-state index in [0.29, 0.717) is 21.6 Å². The number of anilines is 1. The van der Waals surface area contributed by atoms with Crippen LogP contribution in [0.4, 0.5) is 5.88 Å². The molecule has 5 nitrogen and oxygen atoms in total. The number of hydrogen-bond donors (Lipinski definition) is 2. The molecule has 2 unspecified atom stereocenters. The number of halogens is 2. The van der Waals surface area contributed by atoms with Crippen LogP contribution in [-0.4, -0.2) is 17.1 Å². The first-order valence-electron chi connectivity index (χ1n) is 6.82. The second-order valence-corrected chi connectivity index (χ2v) is 5.94. The topological polar surface area (TPSA) is 67.2 Å². The second-order valence-electron chi connectivity index (χ2n) is 5.10. The summed E-state index contributed by atoms with van der Waals surface area (Å²) < 4.78 is 4.96. The van der Waals surface area contributed by atoms with Crippen molar-refractivity contribution >= 4 is 35.0 Å². The summed E-state index contributed by atoms with van der Waals surface area (Å²) in [6, 6.07) is 6.40. The van der Waals surface area contributed by atoms with Crippen LogP contribution in [-0.2, 0) is 4.79 Å². The predicted molar refractivity (Wildman–Crippen MR) is 87.3 cm³/mol. The van der Waals surface area contributed by atoms with Crippen LogP contribution in [0.1, 0.15) is 31.1 Å². The third-order valence-corrected chi connectivity index (χ3v) is 3.76. The molecule has 1 aromatic heterocycles. The molecule has 0 radical (unpaired) electrons. The van der Waals surface area contributed by atoms with E-state index in [2.05, 4.69) is 15.8 Å². The Labute approximate surface area is 139 Å². The maximum absolute atomic E-state index is 12.1. The van der Waals surface area contributed by atoms with Crippen LogP contribution in [0.3, 0.4) is 0 Å². The number of aryl methyl sites for hydroxylation is 1. The van der Waals surface area contributed by atoms with Gasteiger partial charge in [0, 0.05) is 22.2 Å². The maximum Gasteiger partial charge on any atom is 0.243 e. The standard InChI is InChI=1S/C15H17Cl2N3O2/c1-8-6-14(22-20-8)19-15(21)10(3)18-9(2)12-5-4-11(16)7-13(12)17/h4-7,9-10,18H,1-3H3,(H,19,21). The van der Waals surface area contributed by atoms with Gasteiger partial charge in [-0.25, -0.2) is 0 Å². The zero-order valence-corrected chi connectivity index (χ0v) is 14.0. The SMILES string of the molecule is Cc1cc(NC(=O)C(C)NC(C)c2ccc(Cl)cc2Cl)on1. The summed E-state index contributed by atoms with van der Waals surface area (Å²) in [7, 11) is 0. The summed E-state index contributed by atoms with van der Waals surface area (Å²) in [5.41, 5.74) is 1.58. The fourth-order valence-electron chi connectivity index (χ4n) is 2.05. The molecule has 2 atom stereocenters. The largest absolute Gasteiger partial charge is 0.338 e. The lowest BCUT2D eigenvalue weighted by molar-refractivity contribution is -0.118. The van der Waals surface area contributed by atoms with Gasteiger partial charge in [0.25, 0.3) is 0 Å². The first kappa shape index (κ1) is 16.8. The molecule has 0 aliphatic rings. The molecule has 7 heteroatoms. The van der Waals surface area contributed by atoms with Gasteiger partial charge in [-0.1, -0.05) is 34.4 Å². The van der Waals surface area contributed by atoms with Crippen molar-refractivity contribution in [1.29, 1.82) is 0 Å². The van der Waals surface area contributed by atoms with Crippen LogP contribution < -0.4 is 10.6 Å². The van der Waals surface area contributed by atoms with Crippen LogP contribution >= 0.6 is 23.2 Å². The summed E-state index contributed by atoms with van der Waals surface area (Å²) in [6.45, 7) is 5.47. The molecule has 0 aliphatic heterocycles. The van der Waals surface area contributed by atoms with Crippen LogP contribution in [0.5, 0.6) is 0 Å². The number of nitrogens with one attached hydrogen (secondary N) is 2. The van der Waals surface area contributed by atoms with Crippen molar-refractivity contribution in [3.8, 4) is 0 Å². The van der Waals surface area contributed by atoms with Crippen LogP contribution in [0.15, 0.2) is 28.8 Å². The Morgan fingerprint density at radius 2 is 2.00 bits per heavy atom. The van der Waals surface area contributed by atoms with Crippen molar-refractivity contribution in [2.24, 2.45) is 0 Å². The highest BCUT2D eigenvalue weighted by molar-refractivity contribution is 6.35. The molecule has 0 saturated heterocycles. The lowest BCUT2D eigenvalue weighted by Crippen LogP contribution is -2.39. The highest BCUT2D eigenvalue weighted by atomic mass is 35.5. The zero-order chi connectivity index (χ0) is 16.3. The second kappa shape index (κ2) is 7.13. The maximum atomic E-state index is 12.1. The highest BCUT2D eigenvalue weighted by Crippen LogP contribution is 2.26. The van der Waals surface area contributed by atoms with E-state index in [4.69, 9.17) is 27.7 Å². The van der Waals surface area contributed by atoms with Gasteiger partial charge in [-0.05, 0) is 38.5 Å². The Kier molecular flexibility index (Phi) is 5.45. The van der Waals surface area contributed by atoms with E-state index >= 15 is 0 Å². The molecule has 0 spiro atoms. The van der Waals surface area contributed by atoms with E-state index in [0.717, 1.165) is 5.56 Å². The molecule has 0 fully saturated rings. The van der Waals surface area contributed by atoms with Gasteiger partial charge in [0.1, 0.15) is 0 Å². The van der Waals surface area contributed by atoms with E-state index in [1.165, 1.54) is 0 Å². The zero-order valence-electron chi connectivity index (χ0n) is 12.5. The van der Waals surface area contributed by atoms with Gasteiger partial charge in [0.15, 0.2) is 0 Å². The first-order chi connectivity index (χ1) is 10.4. The number of rotatable bonds is 5. The Morgan fingerprint density at radius 3 is 2.59 bits per heavy atom. The fraction of sp³-hybridized carbons (Fsp3) is 0.333. The summed E-state index contributed by atoms with van der Waals surface area (Å²) in [4.78, 5) is 12.1. The molecular weight excluding hydrogens is 325 g/mol. The van der Waals surface area contributed by atoms with E-state index in [1.54, 1.807) is 32.0 Å². The molecule has 2 aromatic rings. The van der Waals surface area contributed by atoms with Gasteiger partial charge >= 0.3 is 0 Å². The fourth-order valence-corrected chi connectivity index (χ4v) is 2.62. The van der Waals surface area contributed by atoms with Crippen LogP contribution in [0.2, 0.25) is 10.0 Å². The van der Waals surface area contributed by atoms with Crippen LogP contribution in [0.25, 0.3) is 0 Å². The van der Waals surface area contributed by atoms with E-state index < -0.39 is 6.04 Å². The molecule has 22 heavy (non-hydrogen) atoms. The molecule has 1 amide bonds. The molecule has 1 heterocycles. The molecule has 1 aromatic carbocycles. The predicted octanol–water partition coefficient (Wildman–Crippen LogP) is 3.97. The third kappa shape index (κ3) is 4.22. The molecule has 2 N–H and O–H groups in total. The quantitative estimate of drug-likeness (QED) is 0.863. The molecule has 118 valence electrons. The minimum absolute atomic E-state index is 0.109. The normalized spacial score (nSPS) is 13.7. The van der Waals surface area contributed by atoms with Gasteiger partial charge in [0.05, 0.1) is 11.7 Å². The van der Waals surface area contributed by atoms with Gasteiger partial charge < -0.3 is 4.52 Å². The third-order valence-electron chi connectivity index (χ3n) is 3.20. The number of amides is 1. The molecule has 0 saturated carbocycles. The first-order valence-corrected chi connectivity index (χ1v) is 7.57. The smallest absolute Gasteiger partial charge is 0.243 e. The van der Waals surface area contributed by atoms with Gasteiger partial charge in [-0.3, -0.25) is 15.4 Å².